The number of aryl methyl sites for hydroxylation is 1. The normalized spacial score (nSPS) is 16.6. The molecule has 38 heavy (non-hydrogen) atoms. The maximum Gasteiger partial charge on any atom is 0.226 e. The minimum Gasteiger partial charge on any atom is -0.354 e. The summed E-state index contributed by atoms with van der Waals surface area (Å²) in [5.41, 5.74) is 3.78. The van der Waals surface area contributed by atoms with Crippen molar-refractivity contribution in [2.45, 2.75) is 50.5 Å². The van der Waals surface area contributed by atoms with Gasteiger partial charge in [-0.1, -0.05) is 23.2 Å². The lowest BCUT2D eigenvalue weighted by Gasteiger charge is -2.30. The monoisotopic (exact) mass is 546 g/mol. The Balaban J connectivity index is 1.24. The van der Waals surface area contributed by atoms with Crippen molar-refractivity contribution in [3.63, 3.8) is 0 Å². The summed E-state index contributed by atoms with van der Waals surface area (Å²) in [6, 6.07) is 14.0. The Morgan fingerprint density at radius 3 is 2.58 bits per heavy atom. The van der Waals surface area contributed by atoms with E-state index in [9.17, 15) is 0 Å². The Labute approximate surface area is 231 Å². The van der Waals surface area contributed by atoms with Crippen LogP contribution in [0.4, 0.5) is 5.95 Å². The lowest BCUT2D eigenvalue weighted by Crippen LogP contribution is -2.34. The molecule has 3 aromatic heterocycles. The van der Waals surface area contributed by atoms with Crippen molar-refractivity contribution in [1.29, 1.82) is 5.26 Å². The van der Waals surface area contributed by atoms with E-state index in [-0.39, 0.29) is 0 Å². The van der Waals surface area contributed by atoms with E-state index in [0.717, 1.165) is 73.2 Å². The number of hydrogen-bond acceptors (Lipinski definition) is 7. The maximum atomic E-state index is 8.97. The summed E-state index contributed by atoms with van der Waals surface area (Å²) in [6.07, 6.45) is 8.08. The topological polar surface area (TPSA) is 95.0 Å². The van der Waals surface area contributed by atoms with E-state index in [1.807, 2.05) is 28.8 Å². The minimum atomic E-state index is 0.350. The number of fused-ring (bicyclic) bond motifs is 1. The van der Waals surface area contributed by atoms with E-state index in [1.165, 1.54) is 12.8 Å². The van der Waals surface area contributed by atoms with Crippen LogP contribution < -0.4 is 5.32 Å². The Bertz CT molecular complexity index is 1480. The molecule has 1 aromatic carbocycles. The van der Waals surface area contributed by atoms with E-state index in [2.05, 4.69) is 21.3 Å². The molecule has 2 aliphatic rings. The molecule has 0 atom stereocenters. The Morgan fingerprint density at radius 2 is 1.87 bits per heavy atom. The average Bonchev–Trinajstić information content (AvgIpc) is 3.70. The number of pyridine rings is 1. The standard InChI is InChI=1S/C28H28Cl2N8/c29-20-4-8-23(24(30)14-20)25-15-26-35-27(19-9-12-37(13-10-19)22-6-7-22)36-38(26)28(34-25)32-11-1-2-21-5-3-18(16-31)17-33-21/h3-5,8,14-15,17,19,22H,1-2,6-7,9-13H2,(H,32,34). The summed E-state index contributed by atoms with van der Waals surface area (Å²) < 4.78 is 1.82. The van der Waals surface area contributed by atoms with Crippen molar-refractivity contribution in [3.8, 4) is 17.3 Å². The van der Waals surface area contributed by atoms with E-state index in [0.29, 0.717) is 34.0 Å². The highest BCUT2D eigenvalue weighted by Crippen LogP contribution is 2.35. The second-order valence-corrected chi connectivity index (χ2v) is 10.9. The fraction of sp³-hybridized carbons (Fsp3) is 0.393. The highest BCUT2D eigenvalue weighted by Gasteiger charge is 2.33. The molecule has 10 heteroatoms. The molecule has 0 radical (unpaired) electrons. The van der Waals surface area contributed by atoms with Gasteiger partial charge in [-0.05, 0) is 81.9 Å². The molecule has 1 aliphatic carbocycles. The van der Waals surface area contributed by atoms with Crippen molar-refractivity contribution in [3.05, 3.63) is 69.7 Å². The number of benzene rings is 1. The molecular formula is C28H28Cl2N8. The molecule has 2 fully saturated rings. The second-order valence-electron chi connectivity index (χ2n) is 10.1. The summed E-state index contributed by atoms with van der Waals surface area (Å²) in [4.78, 5) is 16.8. The van der Waals surface area contributed by atoms with E-state index in [4.69, 9.17) is 43.5 Å². The van der Waals surface area contributed by atoms with Crippen molar-refractivity contribution >= 4 is 34.8 Å². The molecule has 1 aliphatic heterocycles. The minimum absolute atomic E-state index is 0.350. The highest BCUT2D eigenvalue weighted by molar-refractivity contribution is 6.36. The van der Waals surface area contributed by atoms with Gasteiger partial charge < -0.3 is 10.2 Å². The largest absolute Gasteiger partial charge is 0.354 e. The quantitative estimate of drug-likeness (QED) is 0.281. The van der Waals surface area contributed by atoms with Gasteiger partial charge in [0, 0.05) is 47.0 Å². The number of hydrogen-bond donors (Lipinski definition) is 1. The van der Waals surface area contributed by atoms with Crippen LogP contribution >= 0.6 is 23.2 Å². The van der Waals surface area contributed by atoms with Crippen LogP contribution in [0, 0.1) is 11.3 Å². The van der Waals surface area contributed by atoms with Crippen molar-refractivity contribution < 1.29 is 0 Å². The summed E-state index contributed by atoms with van der Waals surface area (Å²) >= 11 is 12.7. The van der Waals surface area contributed by atoms with Gasteiger partial charge >= 0.3 is 0 Å². The third-order valence-corrected chi connectivity index (χ3v) is 7.90. The molecule has 8 nitrogen and oxygen atoms in total. The van der Waals surface area contributed by atoms with Gasteiger partial charge in [0.05, 0.1) is 16.3 Å². The molecule has 1 saturated carbocycles. The Kier molecular flexibility index (Phi) is 7.16. The van der Waals surface area contributed by atoms with Gasteiger partial charge in [0.2, 0.25) is 5.95 Å². The number of anilines is 1. The molecule has 6 rings (SSSR count). The average molecular weight is 547 g/mol. The van der Waals surface area contributed by atoms with Crippen LogP contribution in [0.15, 0.2) is 42.6 Å². The molecule has 4 aromatic rings. The number of nitrogens with one attached hydrogen (secondary N) is 1. The van der Waals surface area contributed by atoms with Crippen molar-refractivity contribution in [2.75, 3.05) is 25.0 Å². The Hall–Kier alpha value is -3.25. The zero-order valence-corrected chi connectivity index (χ0v) is 22.5. The SMILES string of the molecule is N#Cc1ccc(CCCNc2nc(-c3ccc(Cl)cc3Cl)cc3nc(C4CCN(C5CC5)CC4)nn23)nc1. The van der Waals surface area contributed by atoms with Gasteiger partial charge in [-0.2, -0.15) is 9.78 Å². The molecule has 0 bridgehead atoms. The highest BCUT2D eigenvalue weighted by atomic mass is 35.5. The molecule has 4 heterocycles. The number of nitrogens with zero attached hydrogens (tertiary/aromatic N) is 7. The van der Waals surface area contributed by atoms with Crippen LogP contribution in [0.5, 0.6) is 0 Å². The summed E-state index contributed by atoms with van der Waals surface area (Å²) in [6.45, 7) is 2.91. The van der Waals surface area contributed by atoms with Crippen LogP contribution in [-0.2, 0) is 6.42 Å². The molecule has 1 N–H and O–H groups in total. The predicted octanol–water partition coefficient (Wildman–Crippen LogP) is 5.75. The number of rotatable bonds is 8. The molecule has 0 spiro atoms. The molecule has 0 amide bonds. The predicted molar refractivity (Wildman–Crippen MR) is 149 cm³/mol. The maximum absolute atomic E-state index is 8.97. The molecule has 194 valence electrons. The van der Waals surface area contributed by atoms with Gasteiger partial charge in [0.25, 0.3) is 0 Å². The lowest BCUT2D eigenvalue weighted by molar-refractivity contribution is 0.200. The third-order valence-electron chi connectivity index (χ3n) is 7.35. The first-order valence-corrected chi connectivity index (χ1v) is 13.9. The summed E-state index contributed by atoms with van der Waals surface area (Å²) in [5.74, 6) is 1.86. The lowest BCUT2D eigenvalue weighted by atomic mass is 9.96. The van der Waals surface area contributed by atoms with Gasteiger partial charge in [0.1, 0.15) is 6.07 Å². The summed E-state index contributed by atoms with van der Waals surface area (Å²) in [7, 11) is 0. The van der Waals surface area contributed by atoms with Crippen molar-refractivity contribution in [2.24, 2.45) is 0 Å². The van der Waals surface area contributed by atoms with Crippen LogP contribution in [0.1, 0.15) is 55.1 Å². The van der Waals surface area contributed by atoms with E-state index < -0.39 is 0 Å². The van der Waals surface area contributed by atoms with Gasteiger partial charge in [-0.15, -0.1) is 5.10 Å². The summed E-state index contributed by atoms with van der Waals surface area (Å²) in [5, 5.41) is 18.5. The number of halogens is 2. The number of likely N-dealkylation sites (tertiary alicyclic amines) is 1. The van der Waals surface area contributed by atoms with Crippen LogP contribution in [0.3, 0.4) is 0 Å². The van der Waals surface area contributed by atoms with Crippen LogP contribution in [-0.4, -0.2) is 55.1 Å². The van der Waals surface area contributed by atoms with Crippen LogP contribution in [0.25, 0.3) is 16.9 Å². The van der Waals surface area contributed by atoms with E-state index in [1.54, 1.807) is 18.3 Å². The molecule has 0 unspecified atom stereocenters. The van der Waals surface area contributed by atoms with Gasteiger partial charge in [-0.25, -0.2) is 9.97 Å². The fourth-order valence-corrected chi connectivity index (χ4v) is 5.60. The van der Waals surface area contributed by atoms with Gasteiger partial charge in [-0.3, -0.25) is 4.98 Å². The molecule has 1 saturated heterocycles. The van der Waals surface area contributed by atoms with E-state index >= 15 is 0 Å². The first-order valence-electron chi connectivity index (χ1n) is 13.1. The number of piperidine rings is 1. The third kappa shape index (κ3) is 5.46. The fourth-order valence-electron chi connectivity index (χ4n) is 5.10. The van der Waals surface area contributed by atoms with Crippen LogP contribution in [0.2, 0.25) is 10.0 Å². The first kappa shape index (κ1) is 25.1. The van der Waals surface area contributed by atoms with Gasteiger partial charge in [0.15, 0.2) is 11.5 Å². The Morgan fingerprint density at radius 1 is 1.03 bits per heavy atom. The molecular weight excluding hydrogens is 519 g/mol. The second kappa shape index (κ2) is 10.9. The zero-order chi connectivity index (χ0) is 26.1. The smallest absolute Gasteiger partial charge is 0.226 e. The number of aromatic nitrogens is 5. The van der Waals surface area contributed by atoms with Crippen molar-refractivity contribution in [1.82, 2.24) is 29.5 Å². The zero-order valence-electron chi connectivity index (χ0n) is 20.9. The number of nitriles is 1. The first-order chi connectivity index (χ1) is 18.6.